The molecule has 3 heterocycles. The molecule has 25 heteroatoms. The van der Waals surface area contributed by atoms with Gasteiger partial charge in [-0.05, 0) is 107 Å². The fourth-order valence-electron chi connectivity index (χ4n) is 13.0. The van der Waals surface area contributed by atoms with E-state index in [2.05, 4.69) is 25.8 Å². The summed E-state index contributed by atoms with van der Waals surface area (Å²) < 4.78 is 6.30. The molecule has 2 aromatic rings. The van der Waals surface area contributed by atoms with Crippen LogP contribution in [0.2, 0.25) is 0 Å². The van der Waals surface area contributed by atoms with Crippen LogP contribution in [0.5, 0.6) is 0 Å². The van der Waals surface area contributed by atoms with E-state index in [-0.39, 0.29) is 82.3 Å². The normalized spacial score (nSPS) is 25.0. The van der Waals surface area contributed by atoms with Crippen molar-refractivity contribution in [3.05, 3.63) is 42.4 Å². The number of ketones is 5. The fraction of sp³-hybridized carbons (Fsp3) is 0.707. The SMILES string of the molecule is C/C=C/C[C@@H](C)[C@@H](O)[C@@H]1CC(=O)[C@H](C(C)C)N(C)C(=O)[C@H](CC(C)C)CC(=O)[C@H](CC(C)C)N(C)C(=O)[C@@H](C)NC(=O)[C@H](C)CC(=O)[C@H](CC(C)C)N(C)C(=O)[C@H](C(C)C)CC(=O)[C@H]([C@@H](C)OCCC/C=N/OCc2ccc(-c3cnc(N)s3)cn2)N(C)C(=O)CCC(=O)[C@H](CC)NC1=O. The minimum Gasteiger partial charge on any atom is -0.392 e. The zero-order chi connectivity index (χ0) is 75.6. The Kier molecular flexibility index (Phi) is 36.9. The van der Waals surface area contributed by atoms with Crippen molar-refractivity contribution < 1.29 is 67.4 Å². The fourth-order valence-corrected chi connectivity index (χ4v) is 13.7. The summed E-state index contributed by atoms with van der Waals surface area (Å²) in [5.41, 5.74) is 7.30. The van der Waals surface area contributed by atoms with Gasteiger partial charge in [-0.1, -0.05) is 125 Å². The summed E-state index contributed by atoms with van der Waals surface area (Å²) in [7, 11) is 5.88. The van der Waals surface area contributed by atoms with Gasteiger partial charge in [-0.3, -0.25) is 57.7 Å². The molecule has 5 N–H and O–H groups in total. The van der Waals surface area contributed by atoms with E-state index in [1.807, 2.05) is 66.7 Å². The van der Waals surface area contributed by atoms with Gasteiger partial charge >= 0.3 is 0 Å². The number of oxime groups is 1. The maximum atomic E-state index is 15.1. The Morgan fingerprint density at radius 2 is 1.25 bits per heavy atom. The summed E-state index contributed by atoms with van der Waals surface area (Å²) in [6.45, 7) is 28.6. The molecule has 13 atom stereocenters. The zero-order valence-corrected chi connectivity index (χ0v) is 64.2. The first-order chi connectivity index (χ1) is 46.9. The van der Waals surface area contributed by atoms with Gasteiger partial charge in [0.15, 0.2) is 40.7 Å². The number of pyridine rings is 1. The Bertz CT molecular complexity index is 3090. The number of rotatable bonds is 23. The quantitative estimate of drug-likeness (QED) is 0.0348. The number of nitrogens with one attached hydrogen (secondary N) is 2. The van der Waals surface area contributed by atoms with Crippen LogP contribution < -0.4 is 16.4 Å². The molecule has 1 aliphatic rings. The molecule has 0 unspecified atom stereocenters. The van der Waals surface area contributed by atoms with Crippen molar-refractivity contribution in [2.75, 3.05) is 40.5 Å². The highest BCUT2D eigenvalue weighted by molar-refractivity contribution is 7.18. The largest absolute Gasteiger partial charge is 0.392 e. The molecule has 1 aliphatic heterocycles. The number of amides is 6. The van der Waals surface area contributed by atoms with E-state index in [0.717, 1.165) is 10.4 Å². The number of carbonyl (C=O) groups is 11. The van der Waals surface area contributed by atoms with Crippen molar-refractivity contribution in [1.82, 2.24) is 40.2 Å². The highest BCUT2D eigenvalue weighted by Crippen LogP contribution is 2.31. The number of likely N-dealkylation sites (N-methyl/N-ethyl adjacent to an activating group) is 4. The summed E-state index contributed by atoms with van der Waals surface area (Å²) in [5, 5.41) is 22.1. The number of nitrogen functional groups attached to an aromatic ring is 1. The van der Waals surface area contributed by atoms with Crippen molar-refractivity contribution in [1.29, 1.82) is 0 Å². The van der Waals surface area contributed by atoms with Crippen LogP contribution in [-0.2, 0) is 68.9 Å². The summed E-state index contributed by atoms with van der Waals surface area (Å²) in [6, 6.07) is -3.11. The Labute approximate surface area is 598 Å². The highest BCUT2D eigenvalue weighted by Gasteiger charge is 2.43. The van der Waals surface area contributed by atoms with E-state index in [1.165, 1.54) is 66.1 Å². The molecular formula is C75H120N10O14S. The van der Waals surface area contributed by atoms with Crippen LogP contribution in [0.25, 0.3) is 10.4 Å². The first kappa shape index (κ1) is 87.1. The van der Waals surface area contributed by atoms with Crippen LogP contribution in [-0.4, -0.2) is 189 Å². The lowest BCUT2D eigenvalue weighted by atomic mass is 9.82. The summed E-state index contributed by atoms with van der Waals surface area (Å²) >= 11 is 1.35. The van der Waals surface area contributed by atoms with E-state index >= 15 is 4.79 Å². The molecule has 24 nitrogen and oxygen atoms in total. The summed E-state index contributed by atoms with van der Waals surface area (Å²) in [4.78, 5) is 181. The van der Waals surface area contributed by atoms with Crippen LogP contribution in [0.3, 0.4) is 0 Å². The number of thiazole rings is 1. The Morgan fingerprint density at radius 1 is 0.660 bits per heavy atom. The van der Waals surface area contributed by atoms with Crippen LogP contribution in [0.15, 0.2) is 41.8 Å². The van der Waals surface area contributed by atoms with Gasteiger partial charge in [0.05, 0.1) is 52.9 Å². The number of Topliss-reactive ketones (excluding diaryl/α,β-unsaturated/α-hetero) is 5. The van der Waals surface area contributed by atoms with Crippen LogP contribution in [0, 0.1) is 59.2 Å². The van der Waals surface area contributed by atoms with E-state index in [4.69, 9.17) is 15.3 Å². The summed E-state index contributed by atoms with van der Waals surface area (Å²) in [6.07, 6.45) is 5.84. The molecule has 6 amide bonds. The number of anilines is 1. The second kappa shape index (κ2) is 42.3. The van der Waals surface area contributed by atoms with Gasteiger partial charge in [0.25, 0.3) is 0 Å². The van der Waals surface area contributed by atoms with Gasteiger partial charge in [-0.15, -0.1) is 0 Å². The standard InChI is InChI=1S/C75H120N10O14S/c1-21-23-26-48(13)69(92)56-39-63(89)67(47(11)12)85(20)73(96)53(33-43(3)4)37-62(88)59(35-45(7)8)82(17)72(95)50(15)80-70(93)49(14)36-61(87)58(34-44(5)6)83(18)74(97)55(46(9)10)38-64(90)68(84(19)66(91)30-29-60(86)57(22-2)81-71(56)94)51(16)98-32-25-24-31-79-99-42-54-28-27-52(40-77-54)65-41-78-75(76)100-65/h21,23,27-28,31,40-41,43-51,53,55-59,67-69,92H,22,24-26,29-30,32-39,42H2,1-20H3,(H2,76,78)(H,80,93)(H,81,94)/b23-21+,79-31+/t48-,49-,50-,51-,53-,55+,56+,57+,58+,59+,67+,68+,69-/m1/s1. The third kappa shape index (κ3) is 26.7. The Balaban J connectivity index is 2.14. The third-order valence-electron chi connectivity index (χ3n) is 18.9. The predicted octanol–water partition coefficient (Wildman–Crippen LogP) is 9.28. The second-order valence-corrected chi connectivity index (χ2v) is 30.5. The van der Waals surface area contributed by atoms with Gasteiger partial charge < -0.3 is 50.6 Å². The molecule has 0 radical (unpaired) electrons. The van der Waals surface area contributed by atoms with Crippen molar-refractivity contribution >= 4 is 87.0 Å². The second-order valence-electron chi connectivity index (χ2n) is 29.5. The van der Waals surface area contributed by atoms with Gasteiger partial charge in [0.1, 0.15) is 12.1 Å². The molecule has 3 rings (SSSR count). The monoisotopic (exact) mass is 1420 g/mol. The minimum atomic E-state index is -1.41. The van der Waals surface area contributed by atoms with Crippen molar-refractivity contribution in [3.63, 3.8) is 0 Å². The molecule has 1 saturated heterocycles. The number of unbranched alkanes of at least 4 members (excludes halogenated alkanes) is 1. The van der Waals surface area contributed by atoms with Crippen LogP contribution in [0.4, 0.5) is 5.13 Å². The molecule has 1 fully saturated rings. The van der Waals surface area contributed by atoms with Gasteiger partial charge in [-0.25, -0.2) is 4.98 Å². The number of ether oxygens (including phenoxy) is 1. The maximum absolute atomic E-state index is 15.1. The van der Waals surface area contributed by atoms with E-state index in [0.29, 0.717) is 30.1 Å². The minimum absolute atomic E-state index is 0.0674. The van der Waals surface area contributed by atoms with E-state index < -0.39 is 167 Å². The molecule has 2 aromatic heterocycles. The smallest absolute Gasteiger partial charge is 0.245 e. The lowest BCUT2D eigenvalue weighted by molar-refractivity contribution is -0.148. The summed E-state index contributed by atoms with van der Waals surface area (Å²) in [5.74, 6) is -12.2. The average molecular weight is 1420 g/mol. The van der Waals surface area contributed by atoms with Crippen molar-refractivity contribution in [2.45, 2.75) is 249 Å². The Hall–Kier alpha value is -7.12. The van der Waals surface area contributed by atoms with E-state index in [1.54, 1.807) is 80.1 Å². The van der Waals surface area contributed by atoms with Crippen LogP contribution >= 0.6 is 11.3 Å². The lowest BCUT2D eigenvalue weighted by Gasteiger charge is -2.36. The number of nitrogens with zero attached hydrogens (tertiary/aromatic N) is 7. The number of aromatic nitrogens is 2. The lowest BCUT2D eigenvalue weighted by Crippen LogP contribution is -2.53. The molecule has 0 aromatic carbocycles. The van der Waals surface area contributed by atoms with Crippen LogP contribution in [0.1, 0.15) is 200 Å². The van der Waals surface area contributed by atoms with Gasteiger partial charge in [-0.2, -0.15) is 0 Å². The Morgan fingerprint density at radius 3 is 1.79 bits per heavy atom. The van der Waals surface area contributed by atoms with Gasteiger partial charge in [0, 0.05) is 115 Å². The van der Waals surface area contributed by atoms with Crippen molar-refractivity contribution in [2.24, 2.45) is 64.3 Å². The molecular weight excluding hydrogens is 1300 g/mol. The topological polar surface area (TPSA) is 328 Å². The number of carbonyl (C=O) groups excluding carboxylic acids is 11. The number of hydrogen-bond acceptors (Lipinski definition) is 19. The molecule has 100 heavy (non-hydrogen) atoms. The molecule has 560 valence electrons. The average Bonchev–Trinajstić information content (AvgIpc) is 0.995. The van der Waals surface area contributed by atoms with E-state index in [9.17, 15) is 53.1 Å². The maximum Gasteiger partial charge on any atom is 0.245 e. The molecule has 0 bridgehead atoms. The number of allylic oxidation sites excluding steroid dienone is 2. The predicted molar refractivity (Wildman–Crippen MR) is 389 cm³/mol. The third-order valence-corrected chi connectivity index (χ3v) is 19.8. The number of nitrogens with two attached hydrogens (primary N) is 1. The number of hydrogen-bond donors (Lipinski definition) is 4. The molecule has 0 spiro atoms. The zero-order valence-electron chi connectivity index (χ0n) is 63.4. The molecule has 0 saturated carbocycles. The molecule has 0 aliphatic carbocycles. The number of aliphatic hydroxyl groups excluding tert-OH is 1. The number of aliphatic hydroxyl groups is 1. The first-order valence-electron chi connectivity index (χ1n) is 35.9. The first-order valence-corrected chi connectivity index (χ1v) is 36.7. The highest BCUT2D eigenvalue weighted by atomic mass is 32.1. The van der Waals surface area contributed by atoms with Gasteiger partial charge in [0.2, 0.25) is 35.4 Å². The van der Waals surface area contributed by atoms with Crippen molar-refractivity contribution in [3.8, 4) is 10.4 Å².